The maximum Gasteiger partial charge on any atom is 0.247 e. The third kappa shape index (κ3) is 8.97. The van der Waals surface area contributed by atoms with Gasteiger partial charge < -0.3 is 24.8 Å². The van der Waals surface area contributed by atoms with Crippen molar-refractivity contribution in [3.63, 3.8) is 0 Å². The highest BCUT2D eigenvalue weighted by molar-refractivity contribution is 5.94. The van der Waals surface area contributed by atoms with Crippen LogP contribution in [0.3, 0.4) is 0 Å². The summed E-state index contributed by atoms with van der Waals surface area (Å²) < 4.78 is 10.3. The van der Waals surface area contributed by atoms with Crippen LogP contribution in [0.1, 0.15) is 89.5 Å². The molecule has 1 atom stereocenters. The van der Waals surface area contributed by atoms with Gasteiger partial charge in [0.1, 0.15) is 17.6 Å². The van der Waals surface area contributed by atoms with E-state index < -0.39 is 11.6 Å². The van der Waals surface area contributed by atoms with Crippen LogP contribution in [0.5, 0.6) is 5.75 Å². The second-order valence-corrected chi connectivity index (χ2v) is 10.7. The molecule has 9 heteroatoms. The standard InChI is InChI=1S/C30H42N4O5/c1-6-30(3,4)32-29(37)28(23-12-14-24(38-5)15-13-23)34(19-18-22-10-8-7-9-11-22)27(36)17-16-26(35)31-25-20-21(2)39-33-25/h10,12-15,20,28H,6-9,11,16-19H2,1-5H3,(H,32,37)(H,31,33,35)/t28-/m0/s1. The van der Waals surface area contributed by atoms with Crippen molar-refractivity contribution < 1.29 is 23.6 Å². The number of hydrogen-bond acceptors (Lipinski definition) is 6. The first kappa shape index (κ1) is 29.9. The van der Waals surface area contributed by atoms with E-state index in [0.29, 0.717) is 35.9 Å². The van der Waals surface area contributed by atoms with Gasteiger partial charge in [-0.2, -0.15) is 0 Å². The number of carbonyl (C=O) groups is 3. The van der Waals surface area contributed by atoms with Gasteiger partial charge in [0, 0.05) is 31.0 Å². The summed E-state index contributed by atoms with van der Waals surface area (Å²) in [6.07, 6.45) is 7.94. The van der Waals surface area contributed by atoms with E-state index in [0.717, 1.165) is 25.7 Å². The average molecular weight is 539 g/mol. The fourth-order valence-electron chi connectivity index (χ4n) is 4.54. The first-order chi connectivity index (χ1) is 18.6. The van der Waals surface area contributed by atoms with E-state index >= 15 is 0 Å². The number of nitrogens with zero attached hydrogens (tertiary/aromatic N) is 2. The number of aromatic nitrogens is 1. The lowest BCUT2D eigenvalue weighted by Crippen LogP contribution is -2.50. The molecule has 1 aliphatic rings. The molecule has 1 aromatic heterocycles. The van der Waals surface area contributed by atoms with Gasteiger partial charge in [-0.05, 0) is 77.0 Å². The van der Waals surface area contributed by atoms with E-state index in [1.165, 1.54) is 12.0 Å². The minimum absolute atomic E-state index is 0.0403. The van der Waals surface area contributed by atoms with E-state index in [2.05, 4.69) is 21.9 Å². The summed E-state index contributed by atoms with van der Waals surface area (Å²) >= 11 is 0. The van der Waals surface area contributed by atoms with Gasteiger partial charge in [-0.15, -0.1) is 0 Å². The first-order valence-electron chi connectivity index (χ1n) is 13.8. The van der Waals surface area contributed by atoms with Crippen LogP contribution in [0, 0.1) is 6.92 Å². The van der Waals surface area contributed by atoms with Crippen LogP contribution in [0.15, 0.2) is 46.5 Å². The van der Waals surface area contributed by atoms with Crippen LogP contribution < -0.4 is 15.4 Å². The van der Waals surface area contributed by atoms with Crippen molar-refractivity contribution in [2.75, 3.05) is 19.0 Å². The summed E-state index contributed by atoms with van der Waals surface area (Å²) in [6, 6.07) is 7.99. The van der Waals surface area contributed by atoms with E-state index in [4.69, 9.17) is 9.26 Å². The number of methoxy groups -OCH3 is 1. The molecule has 1 aliphatic carbocycles. The van der Waals surface area contributed by atoms with Crippen molar-refractivity contribution in [3.05, 3.63) is 53.3 Å². The summed E-state index contributed by atoms with van der Waals surface area (Å²) in [6.45, 7) is 8.05. The molecule has 3 amide bonds. The maximum absolute atomic E-state index is 13.8. The third-order valence-electron chi connectivity index (χ3n) is 7.18. The predicted molar refractivity (Wildman–Crippen MR) is 150 cm³/mol. The number of allylic oxidation sites excluding steroid dienone is 1. The van der Waals surface area contributed by atoms with Gasteiger partial charge in [0.15, 0.2) is 5.82 Å². The Morgan fingerprint density at radius 1 is 1.15 bits per heavy atom. The van der Waals surface area contributed by atoms with Gasteiger partial charge >= 0.3 is 0 Å². The fourth-order valence-corrected chi connectivity index (χ4v) is 4.54. The molecule has 2 aromatic rings. The highest BCUT2D eigenvalue weighted by atomic mass is 16.5. The van der Waals surface area contributed by atoms with Crippen LogP contribution in [0.25, 0.3) is 0 Å². The number of rotatable bonds is 13. The van der Waals surface area contributed by atoms with Gasteiger partial charge in [-0.25, -0.2) is 0 Å². The van der Waals surface area contributed by atoms with Gasteiger partial charge in [0.05, 0.1) is 7.11 Å². The summed E-state index contributed by atoms with van der Waals surface area (Å²) in [4.78, 5) is 41.7. The smallest absolute Gasteiger partial charge is 0.247 e. The monoisotopic (exact) mass is 538 g/mol. The SMILES string of the molecule is CCC(C)(C)NC(=O)[C@H](c1ccc(OC)cc1)N(CCC1=CCCCC1)C(=O)CCC(=O)Nc1cc(C)on1. The Labute approximate surface area is 231 Å². The Hall–Kier alpha value is -3.62. The molecule has 2 N–H and O–H groups in total. The normalized spacial score (nSPS) is 14.2. The second-order valence-electron chi connectivity index (χ2n) is 10.7. The molecular weight excluding hydrogens is 496 g/mol. The van der Waals surface area contributed by atoms with Crippen molar-refractivity contribution in [2.24, 2.45) is 0 Å². The lowest BCUT2D eigenvalue weighted by atomic mass is 9.95. The Morgan fingerprint density at radius 3 is 2.49 bits per heavy atom. The fraction of sp³-hybridized carbons (Fsp3) is 0.533. The Bertz CT molecular complexity index is 1150. The molecule has 0 saturated heterocycles. The Morgan fingerprint density at radius 2 is 1.90 bits per heavy atom. The predicted octanol–water partition coefficient (Wildman–Crippen LogP) is 5.48. The van der Waals surface area contributed by atoms with E-state index in [-0.39, 0.29) is 30.6 Å². The highest BCUT2D eigenvalue weighted by Crippen LogP contribution is 2.28. The minimum atomic E-state index is -0.848. The van der Waals surface area contributed by atoms with Crippen LogP contribution in [-0.2, 0) is 14.4 Å². The minimum Gasteiger partial charge on any atom is -0.497 e. The van der Waals surface area contributed by atoms with Gasteiger partial charge in [0.2, 0.25) is 17.7 Å². The quantitative estimate of drug-likeness (QED) is 0.327. The number of aryl methyl sites for hydroxylation is 1. The van der Waals surface area contributed by atoms with Crippen LogP contribution in [0.2, 0.25) is 0 Å². The largest absolute Gasteiger partial charge is 0.497 e. The zero-order valence-electron chi connectivity index (χ0n) is 23.8. The average Bonchev–Trinajstić information content (AvgIpc) is 3.34. The lowest BCUT2D eigenvalue weighted by molar-refractivity contribution is -0.142. The zero-order valence-corrected chi connectivity index (χ0v) is 23.8. The highest BCUT2D eigenvalue weighted by Gasteiger charge is 2.34. The number of nitrogens with one attached hydrogen (secondary N) is 2. The molecule has 0 radical (unpaired) electrons. The van der Waals surface area contributed by atoms with Crippen molar-refractivity contribution in [1.82, 2.24) is 15.4 Å². The molecule has 0 fully saturated rings. The summed E-state index contributed by atoms with van der Waals surface area (Å²) in [7, 11) is 1.59. The zero-order chi connectivity index (χ0) is 28.4. The molecule has 1 aromatic carbocycles. The molecule has 0 bridgehead atoms. The van der Waals surface area contributed by atoms with E-state index in [9.17, 15) is 14.4 Å². The molecule has 39 heavy (non-hydrogen) atoms. The molecule has 0 aliphatic heterocycles. The molecule has 9 nitrogen and oxygen atoms in total. The molecule has 0 unspecified atom stereocenters. The molecule has 212 valence electrons. The summed E-state index contributed by atoms with van der Waals surface area (Å²) in [5.41, 5.74) is 1.55. The maximum atomic E-state index is 13.8. The third-order valence-corrected chi connectivity index (χ3v) is 7.18. The Balaban J connectivity index is 1.86. The van der Waals surface area contributed by atoms with Gasteiger partial charge in [-0.3, -0.25) is 14.4 Å². The number of anilines is 1. The van der Waals surface area contributed by atoms with Gasteiger partial charge in [0.25, 0.3) is 0 Å². The molecule has 1 heterocycles. The number of amides is 3. The van der Waals surface area contributed by atoms with E-state index in [1.807, 2.05) is 32.9 Å². The second kappa shape index (κ2) is 14.0. The van der Waals surface area contributed by atoms with Crippen molar-refractivity contribution in [2.45, 2.75) is 90.6 Å². The topological polar surface area (TPSA) is 114 Å². The summed E-state index contributed by atoms with van der Waals surface area (Å²) in [5, 5.41) is 9.56. The summed E-state index contributed by atoms with van der Waals surface area (Å²) in [5.74, 6) is 0.695. The number of hydrogen-bond donors (Lipinski definition) is 2. The van der Waals surface area contributed by atoms with Crippen molar-refractivity contribution in [1.29, 1.82) is 0 Å². The van der Waals surface area contributed by atoms with Crippen LogP contribution >= 0.6 is 0 Å². The molecule has 0 spiro atoms. The van der Waals surface area contributed by atoms with Crippen LogP contribution in [-0.4, -0.2) is 47.0 Å². The molecule has 0 saturated carbocycles. The van der Waals surface area contributed by atoms with Crippen molar-refractivity contribution >= 4 is 23.5 Å². The number of carbonyl (C=O) groups excluding carboxylic acids is 3. The van der Waals surface area contributed by atoms with Crippen LogP contribution in [0.4, 0.5) is 5.82 Å². The van der Waals surface area contributed by atoms with Crippen molar-refractivity contribution in [3.8, 4) is 5.75 Å². The number of ether oxygens (including phenoxy) is 1. The number of benzene rings is 1. The van der Waals surface area contributed by atoms with E-state index in [1.54, 1.807) is 37.1 Å². The first-order valence-corrected chi connectivity index (χ1v) is 13.8. The van der Waals surface area contributed by atoms with Gasteiger partial charge in [-0.1, -0.05) is 35.9 Å². The lowest BCUT2D eigenvalue weighted by Gasteiger charge is -2.35. The molecule has 3 rings (SSSR count). The molecular formula is C30H42N4O5. The Kier molecular flexibility index (Phi) is 10.7.